The van der Waals surface area contributed by atoms with E-state index in [1.807, 2.05) is 28.8 Å². The molecule has 7 nitrogen and oxygen atoms in total. The van der Waals surface area contributed by atoms with Crippen LogP contribution in [0.25, 0.3) is 5.69 Å². The van der Waals surface area contributed by atoms with Crippen molar-refractivity contribution in [3.63, 3.8) is 0 Å². The van der Waals surface area contributed by atoms with Gasteiger partial charge in [-0.25, -0.2) is 0 Å². The van der Waals surface area contributed by atoms with Crippen molar-refractivity contribution in [2.24, 2.45) is 5.73 Å². The summed E-state index contributed by atoms with van der Waals surface area (Å²) >= 11 is 1.63. The number of thioether (sulfide) groups is 1. The molecule has 3 aromatic rings. The first-order valence-electron chi connectivity index (χ1n) is 12.8. The molecular formula is C30H38N4O3S. The summed E-state index contributed by atoms with van der Waals surface area (Å²) < 4.78 is 12.6. The molecule has 0 aliphatic heterocycles. The van der Waals surface area contributed by atoms with Gasteiger partial charge in [0.25, 0.3) is 0 Å². The Balaban J connectivity index is 0.000000336. The van der Waals surface area contributed by atoms with Gasteiger partial charge >= 0.3 is 0 Å². The number of nitrogens with two attached hydrogens (primary N) is 1. The molecule has 0 bridgehead atoms. The van der Waals surface area contributed by atoms with Gasteiger partial charge in [-0.2, -0.15) is 0 Å². The van der Waals surface area contributed by atoms with Crippen LogP contribution in [0.1, 0.15) is 56.0 Å². The molecular weight excluding hydrogens is 496 g/mol. The fourth-order valence-corrected chi connectivity index (χ4v) is 5.00. The zero-order chi connectivity index (χ0) is 27.3. The van der Waals surface area contributed by atoms with E-state index < -0.39 is 0 Å². The lowest BCUT2D eigenvalue weighted by atomic mass is 10.2. The number of rotatable bonds is 10. The molecule has 2 N–H and O–H groups in total. The molecule has 0 spiro atoms. The number of benzene rings is 2. The van der Waals surface area contributed by atoms with Crippen molar-refractivity contribution in [1.29, 1.82) is 0 Å². The normalized spacial score (nSPS) is 12.9. The number of ether oxygens (including phenoxy) is 2. The largest absolute Gasteiger partial charge is 0.501 e. The van der Waals surface area contributed by atoms with E-state index in [0.717, 1.165) is 46.8 Å². The van der Waals surface area contributed by atoms with Gasteiger partial charge in [0.15, 0.2) is 5.16 Å². The average Bonchev–Trinajstić information content (AvgIpc) is 3.19. The number of aryl methyl sites for hydroxylation is 2. The molecule has 202 valence electrons. The van der Waals surface area contributed by atoms with Gasteiger partial charge in [-0.3, -0.25) is 9.36 Å². The summed E-state index contributed by atoms with van der Waals surface area (Å²) in [5.74, 6) is 3.18. The minimum atomic E-state index is -0.304. The Labute approximate surface area is 230 Å². The first-order chi connectivity index (χ1) is 18.4. The summed E-state index contributed by atoms with van der Waals surface area (Å²) in [6.07, 6.45) is 9.33. The highest BCUT2D eigenvalue weighted by atomic mass is 32.2. The lowest BCUT2D eigenvalue weighted by Crippen LogP contribution is -2.11. The highest BCUT2D eigenvalue weighted by Crippen LogP contribution is 2.28. The van der Waals surface area contributed by atoms with Gasteiger partial charge in [-0.1, -0.05) is 59.3 Å². The summed E-state index contributed by atoms with van der Waals surface area (Å²) in [4.78, 5) is 11.1. The smallest absolute Gasteiger partial charge is 0.217 e. The van der Waals surface area contributed by atoms with Gasteiger partial charge < -0.3 is 15.2 Å². The van der Waals surface area contributed by atoms with Gasteiger partial charge in [0.1, 0.15) is 11.6 Å². The van der Waals surface area contributed by atoms with Crippen molar-refractivity contribution < 1.29 is 14.3 Å². The van der Waals surface area contributed by atoms with E-state index in [9.17, 15) is 4.79 Å². The molecule has 0 fully saturated rings. The van der Waals surface area contributed by atoms with Crippen LogP contribution in [0.15, 0.2) is 77.2 Å². The number of methoxy groups -OCH3 is 2. The van der Waals surface area contributed by atoms with E-state index in [-0.39, 0.29) is 5.91 Å². The minimum Gasteiger partial charge on any atom is -0.501 e. The average molecular weight is 535 g/mol. The zero-order valence-corrected chi connectivity index (χ0v) is 23.6. The molecule has 0 saturated carbocycles. The van der Waals surface area contributed by atoms with Crippen molar-refractivity contribution in [2.45, 2.75) is 63.3 Å². The number of carbonyl (C=O) groups is 1. The molecule has 0 saturated heterocycles. The Morgan fingerprint density at radius 3 is 2.55 bits per heavy atom. The van der Waals surface area contributed by atoms with Gasteiger partial charge in [0.2, 0.25) is 5.91 Å². The third kappa shape index (κ3) is 9.10. The second-order valence-corrected chi connectivity index (χ2v) is 10.2. The predicted molar refractivity (Wildman–Crippen MR) is 153 cm³/mol. The van der Waals surface area contributed by atoms with Crippen LogP contribution in [0.4, 0.5) is 0 Å². The molecule has 8 heteroatoms. The Morgan fingerprint density at radius 1 is 1.03 bits per heavy atom. The maximum atomic E-state index is 11.1. The fraction of sp³-hybridized carbons (Fsp3) is 0.367. The summed E-state index contributed by atoms with van der Waals surface area (Å²) in [6, 6.07) is 16.2. The first kappa shape index (κ1) is 29.0. The van der Waals surface area contributed by atoms with Crippen molar-refractivity contribution in [3.8, 4) is 11.4 Å². The molecule has 4 rings (SSSR count). The molecule has 1 aliphatic carbocycles. The fourth-order valence-electron chi connectivity index (χ4n) is 4.08. The van der Waals surface area contributed by atoms with Crippen LogP contribution in [0.3, 0.4) is 0 Å². The predicted octanol–water partition coefficient (Wildman–Crippen LogP) is 6.33. The molecule has 38 heavy (non-hydrogen) atoms. The van der Waals surface area contributed by atoms with E-state index >= 15 is 0 Å². The first-order valence-corrected chi connectivity index (χ1v) is 13.8. The van der Waals surface area contributed by atoms with E-state index in [1.165, 1.54) is 23.1 Å². The van der Waals surface area contributed by atoms with Crippen molar-refractivity contribution >= 4 is 17.7 Å². The monoisotopic (exact) mass is 534 g/mol. The van der Waals surface area contributed by atoms with Crippen LogP contribution in [-0.2, 0) is 21.7 Å². The topological polar surface area (TPSA) is 92.3 Å². The molecule has 1 aliphatic rings. The Bertz CT molecular complexity index is 1270. The third-order valence-electron chi connectivity index (χ3n) is 6.03. The molecule has 2 aromatic carbocycles. The Morgan fingerprint density at radius 2 is 1.82 bits per heavy atom. The van der Waals surface area contributed by atoms with Crippen molar-refractivity contribution in [1.82, 2.24) is 14.8 Å². The molecule has 1 heterocycles. The second kappa shape index (κ2) is 15.0. The lowest BCUT2D eigenvalue weighted by molar-refractivity contribution is -0.118. The van der Waals surface area contributed by atoms with Gasteiger partial charge in [-0.05, 0) is 56.9 Å². The number of aromatic nitrogens is 3. The van der Waals surface area contributed by atoms with E-state index in [2.05, 4.69) is 60.5 Å². The Kier molecular flexibility index (Phi) is 11.5. The molecule has 0 radical (unpaired) electrons. The number of amides is 1. The van der Waals surface area contributed by atoms with Crippen molar-refractivity contribution in [3.05, 3.63) is 89.0 Å². The summed E-state index contributed by atoms with van der Waals surface area (Å²) in [5, 5.41) is 9.59. The quantitative estimate of drug-likeness (QED) is 0.241. The minimum absolute atomic E-state index is 0.304. The number of carbonyl (C=O) groups excluding carboxylic acids is 1. The van der Waals surface area contributed by atoms with Crippen LogP contribution in [0, 0.1) is 6.92 Å². The maximum absolute atomic E-state index is 11.1. The van der Waals surface area contributed by atoms with Gasteiger partial charge in [0, 0.05) is 31.1 Å². The molecule has 0 unspecified atom stereocenters. The summed E-state index contributed by atoms with van der Waals surface area (Å²) in [6.45, 7) is 4.24. The highest BCUT2D eigenvalue weighted by molar-refractivity contribution is 7.98. The van der Waals surface area contributed by atoms with Gasteiger partial charge in [-0.15, -0.1) is 10.2 Å². The van der Waals surface area contributed by atoms with Crippen molar-refractivity contribution in [2.75, 3.05) is 14.2 Å². The van der Waals surface area contributed by atoms with Crippen LogP contribution in [0.5, 0.6) is 5.75 Å². The van der Waals surface area contributed by atoms with Crippen LogP contribution in [-0.4, -0.2) is 34.9 Å². The standard InChI is InChI=1S/C21H24N4O2S.C9H14O/c1-15-6-3-7-16(12-15)14-28-21-24-23-20(11-5-10-19(22)26)25(21)17-8-4-9-18(13-17)27-2;1-8-5-3-4-6-9(7-8)10-2/h3-4,6-9,12-13H,5,10-11,14H2,1-2H3,(H2,22,26);5-6H,3-4,7H2,1-2H3. The number of hydrogen-bond acceptors (Lipinski definition) is 6. The lowest BCUT2D eigenvalue weighted by Gasteiger charge is -2.11. The van der Waals surface area contributed by atoms with Crippen LogP contribution < -0.4 is 10.5 Å². The maximum Gasteiger partial charge on any atom is 0.217 e. The Hall–Kier alpha value is -3.52. The van der Waals surface area contributed by atoms with Crippen LogP contribution in [0.2, 0.25) is 0 Å². The third-order valence-corrected chi connectivity index (χ3v) is 7.03. The number of allylic oxidation sites excluding steroid dienone is 3. The molecule has 1 amide bonds. The number of hydrogen-bond donors (Lipinski definition) is 1. The van der Waals surface area contributed by atoms with E-state index in [0.29, 0.717) is 19.3 Å². The highest BCUT2D eigenvalue weighted by Gasteiger charge is 2.15. The van der Waals surface area contributed by atoms with E-state index in [4.69, 9.17) is 15.2 Å². The number of nitrogens with zero attached hydrogens (tertiary/aromatic N) is 3. The number of primary amides is 1. The summed E-state index contributed by atoms with van der Waals surface area (Å²) in [7, 11) is 3.39. The summed E-state index contributed by atoms with van der Waals surface area (Å²) in [5.41, 5.74) is 10.1. The molecule has 0 atom stereocenters. The van der Waals surface area contributed by atoms with E-state index in [1.54, 1.807) is 26.0 Å². The zero-order valence-electron chi connectivity index (χ0n) is 22.8. The second-order valence-electron chi connectivity index (χ2n) is 9.21. The SMILES string of the molecule is COC1=CCCC=C(C)C1.COc1cccc(-n2c(CCCC(N)=O)nnc2SCc2cccc(C)c2)c1. The van der Waals surface area contributed by atoms with Gasteiger partial charge in [0.05, 0.1) is 25.7 Å². The van der Waals surface area contributed by atoms with Crippen LogP contribution >= 0.6 is 11.8 Å². The molecule has 1 aromatic heterocycles.